The first-order valence-corrected chi connectivity index (χ1v) is 8.56. The van der Waals surface area contributed by atoms with E-state index in [2.05, 4.69) is 62.0 Å². The third-order valence-corrected chi connectivity index (χ3v) is 4.86. The molecule has 0 aliphatic rings. The van der Waals surface area contributed by atoms with Crippen LogP contribution < -0.4 is 5.32 Å². The molecular formula is C18H33N3. The van der Waals surface area contributed by atoms with Crippen LogP contribution in [0.4, 0.5) is 0 Å². The van der Waals surface area contributed by atoms with Crippen LogP contribution in [-0.2, 0) is 6.42 Å². The van der Waals surface area contributed by atoms with Gasteiger partial charge in [0.05, 0.1) is 0 Å². The van der Waals surface area contributed by atoms with Gasteiger partial charge in [0.1, 0.15) is 0 Å². The molecule has 1 aromatic rings. The molecule has 0 bridgehead atoms. The lowest BCUT2D eigenvalue weighted by Crippen LogP contribution is -2.61. The number of nitrogens with zero attached hydrogens (tertiary/aromatic N) is 2. The summed E-state index contributed by atoms with van der Waals surface area (Å²) in [5.41, 5.74) is 1.39. The lowest BCUT2D eigenvalue weighted by Gasteiger charge is -2.48. The second-order valence-corrected chi connectivity index (χ2v) is 5.62. The van der Waals surface area contributed by atoms with Gasteiger partial charge in [-0.1, -0.05) is 40.7 Å². The monoisotopic (exact) mass is 291 g/mol. The molecule has 0 amide bonds. The molecule has 0 aromatic carbocycles. The zero-order valence-corrected chi connectivity index (χ0v) is 14.5. The van der Waals surface area contributed by atoms with E-state index in [1.54, 1.807) is 0 Å². The van der Waals surface area contributed by atoms with E-state index in [1.807, 2.05) is 12.3 Å². The maximum absolute atomic E-state index is 4.54. The molecule has 0 aliphatic heterocycles. The van der Waals surface area contributed by atoms with Gasteiger partial charge < -0.3 is 5.32 Å². The van der Waals surface area contributed by atoms with Gasteiger partial charge >= 0.3 is 0 Å². The largest absolute Gasteiger partial charge is 0.312 e. The summed E-state index contributed by atoms with van der Waals surface area (Å²) in [5.74, 6) is 0. The smallest absolute Gasteiger partial charge is 0.0419 e. The summed E-state index contributed by atoms with van der Waals surface area (Å²) in [6.07, 6.45) is 5.22. The summed E-state index contributed by atoms with van der Waals surface area (Å²) in [4.78, 5) is 7.16. The maximum Gasteiger partial charge on any atom is 0.0419 e. The highest BCUT2D eigenvalue weighted by molar-refractivity contribution is 5.10. The van der Waals surface area contributed by atoms with Crippen LogP contribution in [0.1, 0.15) is 53.2 Å². The fourth-order valence-corrected chi connectivity index (χ4v) is 3.69. The van der Waals surface area contributed by atoms with Gasteiger partial charge in [0, 0.05) is 29.9 Å². The molecule has 0 saturated heterocycles. The minimum absolute atomic E-state index is 0.205. The predicted molar refractivity (Wildman–Crippen MR) is 91.6 cm³/mol. The Labute approximate surface area is 131 Å². The van der Waals surface area contributed by atoms with Gasteiger partial charge in [-0.2, -0.15) is 0 Å². The van der Waals surface area contributed by atoms with Crippen molar-refractivity contribution in [1.82, 2.24) is 15.2 Å². The Hall–Kier alpha value is -0.930. The normalized spacial score (nSPS) is 13.6. The number of aromatic nitrogens is 1. The van der Waals surface area contributed by atoms with Crippen LogP contribution in [0.15, 0.2) is 24.4 Å². The summed E-state index contributed by atoms with van der Waals surface area (Å²) in [7, 11) is 0. The fourth-order valence-electron chi connectivity index (χ4n) is 3.69. The zero-order chi connectivity index (χ0) is 15.7. The van der Waals surface area contributed by atoms with Crippen molar-refractivity contribution in [2.24, 2.45) is 0 Å². The summed E-state index contributed by atoms with van der Waals surface area (Å²) in [6.45, 7) is 14.6. The van der Waals surface area contributed by atoms with E-state index in [1.165, 1.54) is 5.69 Å². The van der Waals surface area contributed by atoms with Crippen molar-refractivity contribution in [2.45, 2.75) is 65.5 Å². The highest BCUT2D eigenvalue weighted by atomic mass is 15.2. The average molecular weight is 291 g/mol. The maximum atomic E-state index is 4.54. The first kappa shape index (κ1) is 18.1. The van der Waals surface area contributed by atoms with Crippen molar-refractivity contribution >= 4 is 0 Å². The summed E-state index contributed by atoms with van der Waals surface area (Å²) < 4.78 is 0. The number of hydrogen-bond donors (Lipinski definition) is 1. The quantitative estimate of drug-likeness (QED) is 0.715. The van der Waals surface area contributed by atoms with Gasteiger partial charge in [-0.25, -0.2) is 0 Å². The average Bonchev–Trinajstić information content (AvgIpc) is 2.53. The Morgan fingerprint density at radius 3 is 2.19 bits per heavy atom. The molecule has 21 heavy (non-hydrogen) atoms. The predicted octanol–water partition coefficient (Wildman–Crippen LogP) is 3.50. The molecule has 1 rings (SSSR count). The standard InChI is InChI=1S/C18H33N3/c1-6-18(7-2,21(9-4)10-5)17(19-8-3)15-16-13-11-12-14-20-16/h11-14,17,19H,6-10,15H2,1-5H3. The van der Waals surface area contributed by atoms with E-state index in [4.69, 9.17) is 0 Å². The number of nitrogens with one attached hydrogen (secondary N) is 1. The van der Waals surface area contributed by atoms with Crippen molar-refractivity contribution in [3.05, 3.63) is 30.1 Å². The Morgan fingerprint density at radius 1 is 1.10 bits per heavy atom. The molecule has 120 valence electrons. The number of pyridine rings is 1. The first-order valence-electron chi connectivity index (χ1n) is 8.56. The molecule has 1 unspecified atom stereocenters. The molecule has 3 nitrogen and oxygen atoms in total. The van der Waals surface area contributed by atoms with Crippen LogP contribution >= 0.6 is 0 Å². The van der Waals surface area contributed by atoms with Crippen molar-refractivity contribution in [3.63, 3.8) is 0 Å². The highest BCUT2D eigenvalue weighted by Gasteiger charge is 2.39. The molecule has 0 aliphatic carbocycles. The Kier molecular flexibility index (Phi) is 7.91. The zero-order valence-electron chi connectivity index (χ0n) is 14.5. The Bertz CT molecular complexity index is 369. The third kappa shape index (κ3) is 4.27. The molecular weight excluding hydrogens is 258 g/mol. The van der Waals surface area contributed by atoms with Crippen LogP contribution in [0.3, 0.4) is 0 Å². The number of rotatable bonds is 10. The van der Waals surface area contributed by atoms with Crippen LogP contribution in [0.2, 0.25) is 0 Å². The van der Waals surface area contributed by atoms with Crippen LogP contribution in [0.25, 0.3) is 0 Å². The fraction of sp³-hybridized carbons (Fsp3) is 0.722. The van der Waals surface area contributed by atoms with E-state index in [9.17, 15) is 0 Å². The van der Waals surface area contributed by atoms with E-state index in [0.29, 0.717) is 6.04 Å². The van der Waals surface area contributed by atoms with Gasteiger partial charge in [0.25, 0.3) is 0 Å². The SMILES string of the molecule is CCNC(Cc1ccccn1)C(CC)(CC)N(CC)CC. The van der Waals surface area contributed by atoms with Crippen molar-refractivity contribution < 1.29 is 0 Å². The molecule has 0 radical (unpaired) electrons. The van der Waals surface area contributed by atoms with Gasteiger partial charge in [0.2, 0.25) is 0 Å². The van der Waals surface area contributed by atoms with Gasteiger partial charge in [0.15, 0.2) is 0 Å². The van der Waals surface area contributed by atoms with Crippen LogP contribution in [0, 0.1) is 0 Å². The minimum atomic E-state index is 0.205. The second-order valence-electron chi connectivity index (χ2n) is 5.62. The van der Waals surface area contributed by atoms with Crippen molar-refractivity contribution in [3.8, 4) is 0 Å². The Balaban J connectivity index is 3.07. The lowest BCUT2D eigenvalue weighted by atomic mass is 9.80. The summed E-state index contributed by atoms with van der Waals surface area (Å²) in [5, 5.41) is 3.74. The highest BCUT2D eigenvalue weighted by Crippen LogP contribution is 2.29. The van der Waals surface area contributed by atoms with E-state index in [0.717, 1.165) is 38.9 Å². The van der Waals surface area contributed by atoms with Crippen molar-refractivity contribution in [2.75, 3.05) is 19.6 Å². The van der Waals surface area contributed by atoms with Crippen molar-refractivity contribution in [1.29, 1.82) is 0 Å². The molecule has 0 saturated carbocycles. The summed E-state index contributed by atoms with van der Waals surface area (Å²) >= 11 is 0. The summed E-state index contributed by atoms with van der Waals surface area (Å²) in [6, 6.07) is 6.65. The number of likely N-dealkylation sites (N-methyl/N-ethyl adjacent to an activating group) is 2. The first-order chi connectivity index (χ1) is 10.2. The van der Waals surface area contributed by atoms with E-state index >= 15 is 0 Å². The topological polar surface area (TPSA) is 28.2 Å². The molecule has 0 fully saturated rings. The van der Waals surface area contributed by atoms with E-state index < -0.39 is 0 Å². The van der Waals surface area contributed by atoms with E-state index in [-0.39, 0.29) is 5.54 Å². The molecule has 1 aromatic heterocycles. The molecule has 1 N–H and O–H groups in total. The van der Waals surface area contributed by atoms with Gasteiger partial charge in [-0.05, 0) is 44.6 Å². The second kappa shape index (κ2) is 9.16. The molecule has 1 heterocycles. The minimum Gasteiger partial charge on any atom is -0.312 e. The molecule has 0 spiro atoms. The lowest BCUT2D eigenvalue weighted by molar-refractivity contribution is 0.0495. The third-order valence-electron chi connectivity index (χ3n) is 4.86. The van der Waals surface area contributed by atoms with Crippen LogP contribution in [-0.4, -0.2) is 41.1 Å². The van der Waals surface area contributed by atoms with Gasteiger partial charge in [-0.3, -0.25) is 9.88 Å². The molecule has 1 atom stereocenters. The molecule has 3 heteroatoms. The van der Waals surface area contributed by atoms with Gasteiger partial charge in [-0.15, -0.1) is 0 Å². The Morgan fingerprint density at radius 2 is 1.76 bits per heavy atom. The number of hydrogen-bond acceptors (Lipinski definition) is 3. The van der Waals surface area contributed by atoms with Crippen LogP contribution in [0.5, 0.6) is 0 Å².